The monoisotopic (exact) mass is 273 g/mol. The number of rotatable bonds is 7. The Balaban J connectivity index is 2.82. The first-order valence-corrected chi connectivity index (χ1v) is 6.60. The molecule has 0 fully saturated rings. The van der Waals surface area contributed by atoms with Gasteiger partial charge in [-0.3, -0.25) is 5.43 Å². The van der Waals surface area contributed by atoms with E-state index in [2.05, 4.69) is 20.4 Å². The molecule has 0 amide bonds. The van der Waals surface area contributed by atoms with E-state index < -0.39 is 0 Å². The zero-order valence-electron chi connectivity index (χ0n) is 10.8. The summed E-state index contributed by atoms with van der Waals surface area (Å²) in [6.07, 6.45) is 0.646. The number of aliphatic hydroxyl groups excluding tert-OH is 1. The van der Waals surface area contributed by atoms with Gasteiger partial charge in [0.05, 0.1) is 6.10 Å². The van der Waals surface area contributed by atoms with Crippen molar-refractivity contribution >= 4 is 17.7 Å². The number of nitrogens with one attached hydrogen (secondary N) is 1. The standard InChI is InChI=1S/C10H19N5O2S/c1-6(2)17-9-12-8(15-11)13-10(14-9)18-7(3)4-5-16/h6-7,16H,4-5,11H2,1-3H3,(H,12,13,14,15). The quantitative estimate of drug-likeness (QED) is 0.380. The van der Waals surface area contributed by atoms with Crippen LogP contribution in [0.25, 0.3) is 0 Å². The first-order valence-electron chi connectivity index (χ1n) is 5.72. The molecule has 18 heavy (non-hydrogen) atoms. The smallest absolute Gasteiger partial charge is 0.322 e. The number of hydrogen-bond donors (Lipinski definition) is 3. The first kappa shape index (κ1) is 14.9. The second-order valence-corrected chi connectivity index (χ2v) is 5.38. The van der Waals surface area contributed by atoms with Gasteiger partial charge in [-0.25, -0.2) is 5.84 Å². The van der Waals surface area contributed by atoms with Crippen LogP contribution in [0.4, 0.5) is 5.95 Å². The third-order valence-corrected chi connectivity index (χ3v) is 2.94. The molecule has 1 rings (SSSR count). The number of aromatic nitrogens is 3. The Hall–Kier alpha value is -1.12. The molecular formula is C10H19N5O2S. The maximum atomic E-state index is 8.87. The predicted octanol–water partition coefficient (Wildman–Crippen LogP) is 0.807. The summed E-state index contributed by atoms with van der Waals surface area (Å²) in [5.74, 6) is 5.56. The molecule has 102 valence electrons. The number of hydrogen-bond acceptors (Lipinski definition) is 8. The van der Waals surface area contributed by atoms with Gasteiger partial charge < -0.3 is 9.84 Å². The van der Waals surface area contributed by atoms with Crippen molar-refractivity contribution in [1.29, 1.82) is 0 Å². The van der Waals surface area contributed by atoms with Crippen molar-refractivity contribution in [2.75, 3.05) is 12.0 Å². The predicted molar refractivity (Wildman–Crippen MR) is 70.4 cm³/mol. The number of anilines is 1. The fraction of sp³-hybridized carbons (Fsp3) is 0.700. The molecule has 1 unspecified atom stereocenters. The Kier molecular flexibility index (Phi) is 6.10. The number of nitrogen functional groups attached to an aromatic ring is 1. The SMILES string of the molecule is CC(C)Oc1nc(NN)nc(SC(C)CCO)n1. The van der Waals surface area contributed by atoms with Gasteiger partial charge in [-0.05, 0) is 20.3 Å². The molecule has 0 saturated carbocycles. The summed E-state index contributed by atoms with van der Waals surface area (Å²) < 4.78 is 5.42. The van der Waals surface area contributed by atoms with Crippen LogP contribution in [0.2, 0.25) is 0 Å². The number of thioether (sulfide) groups is 1. The molecule has 1 aromatic heterocycles. The second kappa shape index (κ2) is 7.34. The fourth-order valence-corrected chi connectivity index (χ4v) is 1.99. The lowest BCUT2D eigenvalue weighted by molar-refractivity contribution is 0.219. The maximum Gasteiger partial charge on any atom is 0.322 e. The summed E-state index contributed by atoms with van der Waals surface area (Å²) in [6, 6.07) is 0.242. The molecule has 1 atom stereocenters. The average molecular weight is 273 g/mol. The first-order chi connectivity index (χ1) is 8.55. The highest BCUT2D eigenvalue weighted by atomic mass is 32.2. The van der Waals surface area contributed by atoms with Crippen LogP contribution >= 0.6 is 11.8 Å². The second-order valence-electron chi connectivity index (χ2n) is 3.98. The summed E-state index contributed by atoms with van der Waals surface area (Å²) in [5, 5.41) is 9.59. The Bertz CT molecular complexity index is 377. The minimum atomic E-state index is -0.0225. The Morgan fingerprint density at radius 3 is 2.61 bits per heavy atom. The van der Waals surface area contributed by atoms with E-state index in [4.69, 9.17) is 15.7 Å². The van der Waals surface area contributed by atoms with E-state index in [1.54, 1.807) is 0 Å². The Morgan fingerprint density at radius 2 is 2.06 bits per heavy atom. The molecule has 8 heteroatoms. The molecule has 0 bridgehead atoms. The average Bonchev–Trinajstić information content (AvgIpc) is 2.27. The summed E-state index contributed by atoms with van der Waals surface area (Å²) in [5.41, 5.74) is 2.38. The summed E-state index contributed by atoms with van der Waals surface area (Å²) in [7, 11) is 0. The highest BCUT2D eigenvalue weighted by Gasteiger charge is 2.12. The summed E-state index contributed by atoms with van der Waals surface area (Å²) >= 11 is 1.44. The van der Waals surface area contributed by atoms with Crippen molar-refractivity contribution < 1.29 is 9.84 Å². The molecule has 0 aliphatic rings. The Morgan fingerprint density at radius 1 is 1.33 bits per heavy atom. The van der Waals surface area contributed by atoms with E-state index in [-0.39, 0.29) is 29.9 Å². The van der Waals surface area contributed by atoms with Crippen LogP contribution in [-0.4, -0.2) is 38.0 Å². The van der Waals surface area contributed by atoms with Crippen LogP contribution in [0.5, 0.6) is 6.01 Å². The highest BCUT2D eigenvalue weighted by Crippen LogP contribution is 2.23. The summed E-state index contributed by atoms with van der Waals surface area (Å²) in [6.45, 7) is 5.90. The molecule has 0 spiro atoms. The van der Waals surface area contributed by atoms with Crippen molar-refractivity contribution in [2.24, 2.45) is 5.84 Å². The third-order valence-electron chi connectivity index (χ3n) is 1.91. The van der Waals surface area contributed by atoms with E-state index >= 15 is 0 Å². The maximum absolute atomic E-state index is 8.87. The zero-order chi connectivity index (χ0) is 13.5. The van der Waals surface area contributed by atoms with Crippen LogP contribution in [-0.2, 0) is 0 Å². The molecule has 0 aromatic carbocycles. The fourth-order valence-electron chi connectivity index (χ4n) is 1.14. The molecule has 7 nitrogen and oxygen atoms in total. The largest absolute Gasteiger partial charge is 0.461 e. The van der Waals surface area contributed by atoms with Crippen LogP contribution < -0.4 is 16.0 Å². The van der Waals surface area contributed by atoms with Gasteiger partial charge >= 0.3 is 6.01 Å². The van der Waals surface area contributed by atoms with Gasteiger partial charge in [0.25, 0.3) is 0 Å². The van der Waals surface area contributed by atoms with Crippen LogP contribution in [0.3, 0.4) is 0 Å². The van der Waals surface area contributed by atoms with Gasteiger partial charge in [-0.15, -0.1) is 0 Å². The van der Waals surface area contributed by atoms with Gasteiger partial charge in [0, 0.05) is 11.9 Å². The lowest BCUT2D eigenvalue weighted by Crippen LogP contribution is -2.15. The van der Waals surface area contributed by atoms with Crippen molar-refractivity contribution in [3.8, 4) is 6.01 Å². The third kappa shape index (κ3) is 5.03. The van der Waals surface area contributed by atoms with Gasteiger partial charge in [0.2, 0.25) is 5.95 Å². The molecule has 1 aromatic rings. The number of hydrazine groups is 1. The van der Waals surface area contributed by atoms with E-state index in [1.165, 1.54) is 11.8 Å². The lowest BCUT2D eigenvalue weighted by Gasteiger charge is -2.11. The van der Waals surface area contributed by atoms with Crippen LogP contribution in [0.15, 0.2) is 5.16 Å². The molecule has 4 N–H and O–H groups in total. The minimum Gasteiger partial charge on any atom is -0.461 e. The van der Waals surface area contributed by atoms with Gasteiger partial charge in [0.15, 0.2) is 5.16 Å². The number of nitrogens with two attached hydrogens (primary N) is 1. The van der Waals surface area contributed by atoms with Crippen molar-refractivity contribution in [1.82, 2.24) is 15.0 Å². The van der Waals surface area contributed by atoms with E-state index in [9.17, 15) is 0 Å². The molecular weight excluding hydrogens is 254 g/mol. The minimum absolute atomic E-state index is 0.0225. The molecule has 1 heterocycles. The zero-order valence-corrected chi connectivity index (χ0v) is 11.6. The van der Waals surface area contributed by atoms with Crippen molar-refractivity contribution in [2.45, 2.75) is 43.7 Å². The van der Waals surface area contributed by atoms with E-state index in [0.717, 1.165) is 0 Å². The lowest BCUT2D eigenvalue weighted by atomic mass is 10.4. The normalized spacial score (nSPS) is 12.6. The Labute approximate surface area is 111 Å². The topological polar surface area (TPSA) is 106 Å². The summed E-state index contributed by atoms with van der Waals surface area (Å²) in [4.78, 5) is 12.3. The van der Waals surface area contributed by atoms with Crippen molar-refractivity contribution in [3.63, 3.8) is 0 Å². The number of nitrogens with zero attached hydrogens (tertiary/aromatic N) is 3. The van der Waals surface area contributed by atoms with Crippen LogP contribution in [0.1, 0.15) is 27.2 Å². The van der Waals surface area contributed by atoms with Gasteiger partial charge in [-0.1, -0.05) is 18.7 Å². The van der Waals surface area contributed by atoms with E-state index in [1.807, 2.05) is 20.8 Å². The van der Waals surface area contributed by atoms with Gasteiger partial charge in [-0.2, -0.15) is 15.0 Å². The molecule has 0 aliphatic carbocycles. The van der Waals surface area contributed by atoms with Gasteiger partial charge in [0.1, 0.15) is 0 Å². The van der Waals surface area contributed by atoms with E-state index in [0.29, 0.717) is 11.6 Å². The van der Waals surface area contributed by atoms with Crippen molar-refractivity contribution in [3.05, 3.63) is 0 Å². The highest BCUT2D eigenvalue weighted by molar-refractivity contribution is 7.99. The molecule has 0 radical (unpaired) electrons. The molecule has 0 aliphatic heterocycles. The number of ether oxygens (including phenoxy) is 1. The molecule has 0 saturated heterocycles. The number of aliphatic hydroxyl groups is 1. The van der Waals surface area contributed by atoms with Crippen LogP contribution in [0, 0.1) is 0 Å².